The van der Waals surface area contributed by atoms with Gasteiger partial charge in [0.2, 0.25) is 0 Å². The Morgan fingerprint density at radius 1 is 1.22 bits per heavy atom. The summed E-state index contributed by atoms with van der Waals surface area (Å²) in [6.45, 7) is 9.11. The van der Waals surface area contributed by atoms with Crippen LogP contribution in [0.1, 0.15) is 33.3 Å². The van der Waals surface area contributed by atoms with Gasteiger partial charge in [0.15, 0.2) is 0 Å². The molecule has 0 aliphatic heterocycles. The number of hydrogen-bond acceptors (Lipinski definition) is 4. The Bertz CT molecular complexity index is 442. The highest BCUT2D eigenvalue weighted by Crippen LogP contribution is 2.10. The van der Waals surface area contributed by atoms with Gasteiger partial charge in [-0.15, -0.1) is 0 Å². The standard InChI is InChI=1S/C14H20N2O2/c1-10-6-8-12(9-7-10)16-15-11(2)13(17)18-14(3,4)5/h6-9,16H,1-5H3/b15-11+. The Kier molecular flexibility index (Phi) is 4.48. The topological polar surface area (TPSA) is 50.7 Å². The maximum Gasteiger partial charge on any atom is 0.354 e. The lowest BCUT2D eigenvalue weighted by Crippen LogP contribution is -2.28. The smallest absolute Gasteiger partial charge is 0.354 e. The van der Waals surface area contributed by atoms with Gasteiger partial charge < -0.3 is 4.74 Å². The van der Waals surface area contributed by atoms with Crippen LogP contribution in [0, 0.1) is 6.92 Å². The normalized spacial score (nSPS) is 12.2. The molecule has 1 N–H and O–H groups in total. The summed E-state index contributed by atoms with van der Waals surface area (Å²) < 4.78 is 5.20. The van der Waals surface area contributed by atoms with Crippen molar-refractivity contribution in [3.63, 3.8) is 0 Å². The number of esters is 1. The Hall–Kier alpha value is -1.84. The van der Waals surface area contributed by atoms with Crippen LogP contribution in [0.2, 0.25) is 0 Å². The van der Waals surface area contributed by atoms with E-state index < -0.39 is 11.6 Å². The van der Waals surface area contributed by atoms with E-state index in [-0.39, 0.29) is 0 Å². The van der Waals surface area contributed by atoms with Crippen LogP contribution in [-0.2, 0) is 9.53 Å². The zero-order valence-electron chi connectivity index (χ0n) is 11.6. The molecule has 0 saturated heterocycles. The van der Waals surface area contributed by atoms with E-state index in [1.165, 1.54) is 5.56 Å². The van der Waals surface area contributed by atoms with Crippen LogP contribution < -0.4 is 5.43 Å². The van der Waals surface area contributed by atoms with Crippen LogP contribution in [0.5, 0.6) is 0 Å². The molecule has 0 amide bonds. The lowest BCUT2D eigenvalue weighted by atomic mass is 10.2. The Labute approximate surface area is 108 Å². The third kappa shape index (κ3) is 4.99. The lowest BCUT2D eigenvalue weighted by molar-refractivity contribution is -0.146. The van der Waals surface area contributed by atoms with Crippen LogP contribution in [0.25, 0.3) is 0 Å². The molecular weight excluding hydrogens is 228 g/mol. The molecule has 0 atom stereocenters. The van der Waals surface area contributed by atoms with E-state index in [0.29, 0.717) is 5.71 Å². The molecule has 1 aromatic rings. The van der Waals surface area contributed by atoms with Crippen molar-refractivity contribution in [2.45, 2.75) is 40.2 Å². The molecule has 1 aromatic carbocycles. The molecule has 0 aliphatic carbocycles. The van der Waals surface area contributed by atoms with Crippen LogP contribution in [0.3, 0.4) is 0 Å². The third-order valence-electron chi connectivity index (χ3n) is 2.10. The van der Waals surface area contributed by atoms with Gasteiger partial charge in [0.1, 0.15) is 11.3 Å². The van der Waals surface area contributed by atoms with E-state index in [1.54, 1.807) is 6.92 Å². The number of hydrazone groups is 1. The van der Waals surface area contributed by atoms with Crippen molar-refractivity contribution >= 4 is 17.4 Å². The molecule has 0 saturated carbocycles. The van der Waals surface area contributed by atoms with Gasteiger partial charge in [0.25, 0.3) is 0 Å². The first-order valence-electron chi connectivity index (χ1n) is 5.88. The minimum atomic E-state index is -0.502. The third-order valence-corrected chi connectivity index (χ3v) is 2.10. The molecule has 0 aromatic heterocycles. The van der Waals surface area contributed by atoms with E-state index in [9.17, 15) is 4.79 Å². The monoisotopic (exact) mass is 248 g/mol. The van der Waals surface area contributed by atoms with Gasteiger partial charge in [-0.2, -0.15) is 5.10 Å². The van der Waals surface area contributed by atoms with Crippen molar-refractivity contribution in [3.8, 4) is 0 Å². The van der Waals surface area contributed by atoms with Crippen LogP contribution >= 0.6 is 0 Å². The summed E-state index contributed by atoms with van der Waals surface area (Å²) in [5.74, 6) is -0.415. The number of nitrogens with zero attached hydrogens (tertiary/aromatic N) is 1. The zero-order chi connectivity index (χ0) is 13.8. The first-order chi connectivity index (χ1) is 8.28. The second-order valence-electron chi connectivity index (χ2n) is 5.18. The first-order valence-corrected chi connectivity index (χ1v) is 5.88. The van der Waals surface area contributed by atoms with Crippen LogP contribution in [0.4, 0.5) is 5.69 Å². The number of nitrogens with one attached hydrogen (secondary N) is 1. The van der Waals surface area contributed by atoms with Gasteiger partial charge in [-0.3, -0.25) is 5.43 Å². The highest BCUT2D eigenvalue weighted by molar-refractivity contribution is 6.35. The SMILES string of the molecule is C/C(=N\Nc1ccc(C)cc1)C(=O)OC(C)(C)C. The zero-order valence-corrected chi connectivity index (χ0v) is 11.6. The van der Waals surface area contributed by atoms with Crippen molar-refractivity contribution in [3.05, 3.63) is 29.8 Å². The summed E-state index contributed by atoms with van der Waals surface area (Å²) in [5, 5.41) is 4.00. The van der Waals surface area contributed by atoms with Gasteiger partial charge in [-0.05, 0) is 46.8 Å². The summed E-state index contributed by atoms with van der Waals surface area (Å²) in [5.41, 5.74) is 4.63. The van der Waals surface area contributed by atoms with E-state index in [2.05, 4.69) is 10.5 Å². The molecule has 0 aliphatic rings. The number of ether oxygens (including phenoxy) is 1. The summed E-state index contributed by atoms with van der Waals surface area (Å²) in [7, 11) is 0. The minimum Gasteiger partial charge on any atom is -0.455 e. The average Bonchev–Trinajstić information content (AvgIpc) is 2.25. The molecule has 0 spiro atoms. The second kappa shape index (κ2) is 5.67. The molecule has 98 valence electrons. The van der Waals surface area contributed by atoms with Gasteiger partial charge in [-0.25, -0.2) is 4.79 Å². The number of rotatable bonds is 3. The number of aryl methyl sites for hydroxylation is 1. The Morgan fingerprint density at radius 3 is 2.28 bits per heavy atom. The van der Waals surface area contributed by atoms with Crippen LogP contribution in [-0.4, -0.2) is 17.3 Å². The van der Waals surface area contributed by atoms with Gasteiger partial charge in [0, 0.05) is 0 Å². The molecule has 1 rings (SSSR count). The summed E-state index contributed by atoms with van der Waals surface area (Å²) in [6.07, 6.45) is 0. The van der Waals surface area contributed by atoms with E-state index in [0.717, 1.165) is 5.69 Å². The average molecular weight is 248 g/mol. The number of anilines is 1. The molecule has 0 heterocycles. The van der Waals surface area contributed by atoms with Gasteiger partial charge in [0.05, 0.1) is 5.69 Å². The van der Waals surface area contributed by atoms with Crippen LogP contribution in [0.15, 0.2) is 29.4 Å². The number of hydrogen-bond donors (Lipinski definition) is 1. The van der Waals surface area contributed by atoms with Crippen molar-refractivity contribution < 1.29 is 9.53 Å². The predicted molar refractivity (Wildman–Crippen MR) is 73.8 cm³/mol. The summed E-state index contributed by atoms with van der Waals surface area (Å²) >= 11 is 0. The molecule has 0 unspecified atom stereocenters. The molecule has 18 heavy (non-hydrogen) atoms. The summed E-state index contributed by atoms with van der Waals surface area (Å²) in [6, 6.07) is 7.75. The maximum atomic E-state index is 11.6. The largest absolute Gasteiger partial charge is 0.455 e. The molecular formula is C14H20N2O2. The first kappa shape index (κ1) is 14.2. The molecule has 0 bridgehead atoms. The quantitative estimate of drug-likeness (QED) is 0.508. The summed E-state index contributed by atoms with van der Waals surface area (Å²) in [4.78, 5) is 11.6. The molecule has 4 heteroatoms. The van der Waals surface area contributed by atoms with Crippen molar-refractivity contribution in [1.29, 1.82) is 0 Å². The van der Waals surface area contributed by atoms with Crippen molar-refractivity contribution in [1.82, 2.24) is 0 Å². The van der Waals surface area contributed by atoms with Gasteiger partial charge >= 0.3 is 5.97 Å². The fourth-order valence-corrected chi connectivity index (χ4v) is 1.17. The van der Waals surface area contributed by atoms with Crippen molar-refractivity contribution in [2.75, 3.05) is 5.43 Å². The highest BCUT2D eigenvalue weighted by atomic mass is 16.6. The maximum absolute atomic E-state index is 11.6. The Balaban J connectivity index is 2.61. The molecule has 0 fully saturated rings. The number of carbonyl (C=O) groups is 1. The highest BCUT2D eigenvalue weighted by Gasteiger charge is 2.18. The van der Waals surface area contributed by atoms with Gasteiger partial charge in [-0.1, -0.05) is 17.7 Å². The van der Waals surface area contributed by atoms with E-state index in [4.69, 9.17) is 4.74 Å². The fraction of sp³-hybridized carbons (Fsp3) is 0.429. The fourth-order valence-electron chi connectivity index (χ4n) is 1.17. The van der Waals surface area contributed by atoms with E-state index in [1.807, 2.05) is 52.0 Å². The molecule has 4 nitrogen and oxygen atoms in total. The minimum absolute atomic E-state index is 0.297. The molecule has 0 radical (unpaired) electrons. The lowest BCUT2D eigenvalue weighted by Gasteiger charge is -2.19. The predicted octanol–water partition coefficient (Wildman–Crippen LogP) is 3.12. The Morgan fingerprint density at radius 2 is 1.78 bits per heavy atom. The number of benzene rings is 1. The second-order valence-corrected chi connectivity index (χ2v) is 5.18. The van der Waals surface area contributed by atoms with Crippen molar-refractivity contribution in [2.24, 2.45) is 5.10 Å². The van der Waals surface area contributed by atoms with E-state index >= 15 is 0 Å². The number of carbonyl (C=O) groups excluding carboxylic acids is 1.